The molecule has 3 N–H and O–H groups in total. The van der Waals surface area contributed by atoms with Gasteiger partial charge in [0.15, 0.2) is 0 Å². The molecule has 2 amide bonds. The quantitative estimate of drug-likeness (QED) is 0.660. The van der Waals surface area contributed by atoms with Crippen LogP contribution in [0.25, 0.3) is 0 Å². The van der Waals surface area contributed by atoms with Crippen LogP contribution in [0.5, 0.6) is 0 Å². The highest BCUT2D eigenvalue weighted by molar-refractivity contribution is 5.83. The largest absolute Gasteiger partial charge is 0.480 e. The zero-order valence-corrected chi connectivity index (χ0v) is 10.9. The molecular formula is C12H20N2O5. The van der Waals surface area contributed by atoms with E-state index in [-0.39, 0.29) is 25.1 Å². The molecule has 0 aromatic rings. The monoisotopic (exact) mass is 272 g/mol. The average molecular weight is 272 g/mol. The van der Waals surface area contributed by atoms with Gasteiger partial charge in [0.05, 0.1) is 18.2 Å². The number of urea groups is 1. The Morgan fingerprint density at radius 2 is 2.21 bits per heavy atom. The van der Waals surface area contributed by atoms with Crippen LogP contribution >= 0.6 is 0 Å². The van der Waals surface area contributed by atoms with Crippen molar-refractivity contribution in [2.75, 3.05) is 13.2 Å². The molecule has 19 heavy (non-hydrogen) atoms. The standard InChI is InChI=1S/C12H20N2O5/c1-7(10-3-2-4-19-10)13-12(18)14-6-8(15)5-9(14)11(16)17/h7-10,15H,2-6H2,1H3,(H,13,18)(H,16,17)/t7?,8-,9-,10?/m0/s1. The summed E-state index contributed by atoms with van der Waals surface area (Å²) in [4.78, 5) is 24.3. The molecule has 0 spiro atoms. The van der Waals surface area contributed by atoms with Gasteiger partial charge in [-0.1, -0.05) is 0 Å². The van der Waals surface area contributed by atoms with E-state index in [1.165, 1.54) is 4.90 Å². The van der Waals surface area contributed by atoms with Gasteiger partial charge in [-0.15, -0.1) is 0 Å². The fourth-order valence-corrected chi connectivity index (χ4v) is 2.64. The minimum absolute atomic E-state index is 0.0141. The number of amides is 2. The lowest BCUT2D eigenvalue weighted by atomic mass is 10.1. The summed E-state index contributed by atoms with van der Waals surface area (Å²) in [5.74, 6) is -1.09. The van der Waals surface area contributed by atoms with Crippen LogP contribution in [0.1, 0.15) is 26.2 Å². The second-order valence-electron chi connectivity index (χ2n) is 5.19. The molecule has 0 aromatic heterocycles. The Morgan fingerprint density at radius 3 is 2.79 bits per heavy atom. The van der Waals surface area contributed by atoms with Gasteiger partial charge in [0.25, 0.3) is 0 Å². The first-order chi connectivity index (χ1) is 8.99. The molecule has 2 rings (SSSR count). The second kappa shape index (κ2) is 5.75. The number of carboxylic acids is 1. The summed E-state index contributed by atoms with van der Waals surface area (Å²) >= 11 is 0. The zero-order valence-electron chi connectivity index (χ0n) is 10.9. The lowest BCUT2D eigenvalue weighted by Crippen LogP contribution is -2.51. The van der Waals surface area contributed by atoms with E-state index in [4.69, 9.17) is 9.84 Å². The normalized spacial score (nSPS) is 32.3. The number of rotatable bonds is 3. The molecule has 4 atom stereocenters. The Bertz CT molecular complexity index is 356. The number of aliphatic carboxylic acids is 1. The summed E-state index contributed by atoms with van der Waals surface area (Å²) < 4.78 is 5.47. The fourth-order valence-electron chi connectivity index (χ4n) is 2.64. The number of ether oxygens (including phenoxy) is 1. The summed E-state index contributed by atoms with van der Waals surface area (Å²) in [5.41, 5.74) is 0. The number of hydrogen-bond donors (Lipinski definition) is 3. The SMILES string of the molecule is CC(NC(=O)N1C[C@@H](O)C[C@H]1C(=O)O)C1CCCO1. The van der Waals surface area contributed by atoms with Crippen molar-refractivity contribution in [3.8, 4) is 0 Å². The number of carbonyl (C=O) groups excluding carboxylic acids is 1. The topological polar surface area (TPSA) is 99.1 Å². The van der Waals surface area contributed by atoms with E-state index in [9.17, 15) is 14.7 Å². The van der Waals surface area contributed by atoms with E-state index in [2.05, 4.69) is 5.32 Å². The van der Waals surface area contributed by atoms with Gasteiger partial charge in [0.2, 0.25) is 0 Å². The van der Waals surface area contributed by atoms with E-state index >= 15 is 0 Å². The molecule has 0 aliphatic carbocycles. The Labute approximate surface area is 111 Å². The van der Waals surface area contributed by atoms with Gasteiger partial charge in [0, 0.05) is 19.6 Å². The summed E-state index contributed by atoms with van der Waals surface area (Å²) in [5, 5.41) is 21.3. The van der Waals surface area contributed by atoms with Gasteiger partial charge in [-0.05, 0) is 19.8 Å². The number of nitrogens with one attached hydrogen (secondary N) is 1. The van der Waals surface area contributed by atoms with Gasteiger partial charge < -0.3 is 25.2 Å². The molecule has 0 aromatic carbocycles. The molecule has 2 aliphatic rings. The first kappa shape index (κ1) is 14.1. The highest BCUT2D eigenvalue weighted by Crippen LogP contribution is 2.20. The van der Waals surface area contributed by atoms with Gasteiger partial charge in [-0.3, -0.25) is 0 Å². The lowest BCUT2D eigenvalue weighted by Gasteiger charge is -2.26. The Hall–Kier alpha value is -1.34. The first-order valence-corrected chi connectivity index (χ1v) is 6.58. The second-order valence-corrected chi connectivity index (χ2v) is 5.19. The van der Waals surface area contributed by atoms with Crippen LogP contribution in [0.3, 0.4) is 0 Å². The number of likely N-dealkylation sites (tertiary alicyclic amines) is 1. The minimum atomic E-state index is -1.09. The van der Waals surface area contributed by atoms with Crippen LogP contribution in [0.15, 0.2) is 0 Å². The molecule has 0 bridgehead atoms. The number of β-amino-alcohol motifs (C(OH)–C–C–N with tert-alkyl or cyclic N) is 1. The third kappa shape index (κ3) is 3.16. The van der Waals surface area contributed by atoms with Crippen LogP contribution in [0, 0.1) is 0 Å². The van der Waals surface area contributed by atoms with E-state index in [1.54, 1.807) is 0 Å². The van der Waals surface area contributed by atoms with Crippen molar-refractivity contribution >= 4 is 12.0 Å². The highest BCUT2D eigenvalue weighted by Gasteiger charge is 2.39. The van der Waals surface area contributed by atoms with Crippen molar-refractivity contribution in [1.82, 2.24) is 10.2 Å². The Morgan fingerprint density at radius 1 is 1.47 bits per heavy atom. The molecule has 7 nitrogen and oxygen atoms in total. The van der Waals surface area contributed by atoms with Gasteiger partial charge in [-0.25, -0.2) is 9.59 Å². The number of aliphatic hydroxyl groups is 1. The predicted molar refractivity (Wildman–Crippen MR) is 65.7 cm³/mol. The average Bonchev–Trinajstić information content (AvgIpc) is 2.96. The van der Waals surface area contributed by atoms with Gasteiger partial charge >= 0.3 is 12.0 Å². The maximum absolute atomic E-state index is 12.1. The van der Waals surface area contributed by atoms with Crippen molar-refractivity contribution in [3.63, 3.8) is 0 Å². The van der Waals surface area contributed by atoms with Gasteiger partial charge in [-0.2, -0.15) is 0 Å². The zero-order chi connectivity index (χ0) is 14.0. The number of aliphatic hydroxyl groups excluding tert-OH is 1. The Kier molecular flexibility index (Phi) is 4.26. The van der Waals surface area contributed by atoms with E-state index in [0.29, 0.717) is 6.61 Å². The summed E-state index contributed by atoms with van der Waals surface area (Å²) in [7, 11) is 0. The van der Waals surface area contributed by atoms with Crippen molar-refractivity contribution in [2.24, 2.45) is 0 Å². The summed E-state index contributed by atoms with van der Waals surface area (Å²) in [6.07, 6.45) is 1.17. The van der Waals surface area contributed by atoms with Crippen molar-refractivity contribution in [3.05, 3.63) is 0 Å². The number of hydrogen-bond acceptors (Lipinski definition) is 4. The Balaban J connectivity index is 1.92. The molecule has 2 unspecified atom stereocenters. The summed E-state index contributed by atoms with van der Waals surface area (Å²) in [6.45, 7) is 2.60. The van der Waals surface area contributed by atoms with E-state index in [1.807, 2.05) is 6.92 Å². The third-order valence-corrected chi connectivity index (χ3v) is 3.70. The van der Waals surface area contributed by atoms with E-state index in [0.717, 1.165) is 12.8 Å². The van der Waals surface area contributed by atoms with Crippen LogP contribution < -0.4 is 5.32 Å². The smallest absolute Gasteiger partial charge is 0.326 e. The van der Waals surface area contributed by atoms with Crippen molar-refractivity contribution < 1.29 is 24.5 Å². The molecular weight excluding hydrogens is 252 g/mol. The molecule has 2 heterocycles. The third-order valence-electron chi connectivity index (χ3n) is 3.70. The van der Waals surface area contributed by atoms with E-state index < -0.39 is 24.1 Å². The van der Waals surface area contributed by atoms with Crippen molar-refractivity contribution in [2.45, 2.75) is 50.5 Å². The maximum atomic E-state index is 12.1. The molecule has 2 saturated heterocycles. The highest BCUT2D eigenvalue weighted by atomic mass is 16.5. The summed E-state index contributed by atoms with van der Waals surface area (Å²) in [6, 6.07) is -1.57. The first-order valence-electron chi connectivity index (χ1n) is 6.58. The fraction of sp³-hybridized carbons (Fsp3) is 0.833. The molecule has 7 heteroatoms. The lowest BCUT2D eigenvalue weighted by molar-refractivity contribution is -0.141. The maximum Gasteiger partial charge on any atom is 0.326 e. The van der Waals surface area contributed by atoms with Crippen LogP contribution in [-0.4, -0.2) is 64.6 Å². The van der Waals surface area contributed by atoms with Crippen LogP contribution in [0.2, 0.25) is 0 Å². The minimum Gasteiger partial charge on any atom is -0.480 e. The van der Waals surface area contributed by atoms with Crippen LogP contribution in [-0.2, 0) is 9.53 Å². The molecule has 2 aliphatic heterocycles. The number of nitrogens with zero attached hydrogens (tertiary/aromatic N) is 1. The van der Waals surface area contributed by atoms with Gasteiger partial charge in [0.1, 0.15) is 6.04 Å². The number of carbonyl (C=O) groups is 2. The predicted octanol–water partition coefficient (Wildman–Crippen LogP) is -0.217. The molecule has 0 saturated carbocycles. The van der Waals surface area contributed by atoms with Crippen molar-refractivity contribution in [1.29, 1.82) is 0 Å². The molecule has 108 valence electrons. The molecule has 2 fully saturated rings. The molecule has 0 radical (unpaired) electrons. The van der Waals surface area contributed by atoms with Crippen LogP contribution in [0.4, 0.5) is 4.79 Å². The number of carboxylic acid groups (broad SMARTS) is 1.